The van der Waals surface area contributed by atoms with Crippen molar-refractivity contribution >= 4 is 18.5 Å². The van der Waals surface area contributed by atoms with Gasteiger partial charge in [0.15, 0.2) is 0 Å². The second-order valence-corrected chi connectivity index (χ2v) is 4.11. The summed E-state index contributed by atoms with van der Waals surface area (Å²) in [6, 6.07) is -0.697. The van der Waals surface area contributed by atoms with Crippen LogP contribution in [-0.4, -0.2) is 64.0 Å². The Morgan fingerprint density at radius 2 is 2.06 bits per heavy atom. The summed E-state index contributed by atoms with van der Waals surface area (Å²) < 4.78 is 5.28. The first kappa shape index (κ1) is 13.7. The third-order valence-corrected chi connectivity index (χ3v) is 2.93. The minimum Gasteiger partial charge on any atom is -0.394 e. The normalized spacial score (nSPS) is 39.4. The molecule has 1 rings (SSSR count). The molecule has 0 radical (unpaired) electrons. The molecule has 1 aliphatic heterocycles. The van der Waals surface area contributed by atoms with Crippen molar-refractivity contribution in [2.24, 2.45) is 0 Å². The molecule has 1 aliphatic rings. The van der Waals surface area contributed by atoms with Crippen LogP contribution in [0.5, 0.6) is 0 Å². The standard InChI is InChI=1S/C9H17NO5S/c1-4-7(10-6(12)3-16)9(14)8(13)5(2-11)15-4/h4-5,7-9,11,13-14,16H,2-3H2,1H3,(H,10,12)/t4-,5?,7?,8+,9-/m1/s1. The average Bonchev–Trinajstić information content (AvgIpc) is 2.28. The third-order valence-electron chi connectivity index (χ3n) is 2.65. The van der Waals surface area contributed by atoms with Crippen molar-refractivity contribution in [1.29, 1.82) is 0 Å². The molecule has 0 bridgehead atoms. The van der Waals surface area contributed by atoms with Crippen LogP contribution in [0.3, 0.4) is 0 Å². The molecular formula is C9H17NO5S. The van der Waals surface area contributed by atoms with Gasteiger partial charge in [0, 0.05) is 0 Å². The van der Waals surface area contributed by atoms with Gasteiger partial charge in [-0.15, -0.1) is 0 Å². The zero-order valence-corrected chi connectivity index (χ0v) is 9.80. The van der Waals surface area contributed by atoms with E-state index < -0.39 is 30.5 Å². The highest BCUT2D eigenvalue weighted by molar-refractivity contribution is 7.81. The highest BCUT2D eigenvalue weighted by atomic mass is 32.1. The van der Waals surface area contributed by atoms with Gasteiger partial charge in [0.2, 0.25) is 5.91 Å². The molecule has 1 fully saturated rings. The molecule has 0 aromatic rings. The van der Waals surface area contributed by atoms with Crippen molar-refractivity contribution in [1.82, 2.24) is 5.32 Å². The summed E-state index contributed by atoms with van der Waals surface area (Å²) in [5.41, 5.74) is 0. The number of amides is 1. The molecule has 2 unspecified atom stereocenters. The lowest BCUT2D eigenvalue weighted by atomic mass is 9.93. The summed E-state index contributed by atoms with van der Waals surface area (Å²) in [6.45, 7) is 1.27. The zero-order valence-electron chi connectivity index (χ0n) is 8.91. The summed E-state index contributed by atoms with van der Waals surface area (Å²) in [6.07, 6.45) is -3.69. The Balaban J connectivity index is 2.67. The largest absolute Gasteiger partial charge is 0.394 e. The number of aliphatic hydroxyl groups is 3. The first-order chi connectivity index (χ1) is 7.51. The second-order valence-electron chi connectivity index (χ2n) is 3.79. The predicted octanol–water partition coefficient (Wildman–Crippen LogP) is -2.10. The van der Waals surface area contributed by atoms with E-state index in [4.69, 9.17) is 9.84 Å². The molecule has 6 nitrogen and oxygen atoms in total. The molecule has 4 N–H and O–H groups in total. The van der Waals surface area contributed by atoms with Gasteiger partial charge in [-0.1, -0.05) is 0 Å². The lowest BCUT2D eigenvalue weighted by Crippen LogP contribution is -2.63. The second kappa shape index (κ2) is 5.83. The molecule has 0 saturated carbocycles. The Bertz CT molecular complexity index is 252. The number of thiol groups is 1. The van der Waals surface area contributed by atoms with E-state index >= 15 is 0 Å². The monoisotopic (exact) mass is 251 g/mol. The van der Waals surface area contributed by atoms with Gasteiger partial charge in [0.25, 0.3) is 0 Å². The van der Waals surface area contributed by atoms with Gasteiger partial charge < -0.3 is 25.4 Å². The molecule has 0 aromatic carbocycles. The highest BCUT2D eigenvalue weighted by Crippen LogP contribution is 2.20. The van der Waals surface area contributed by atoms with Crippen LogP contribution in [0.1, 0.15) is 6.92 Å². The molecule has 1 amide bonds. The van der Waals surface area contributed by atoms with E-state index in [1.54, 1.807) is 6.92 Å². The van der Waals surface area contributed by atoms with E-state index in [0.29, 0.717) is 0 Å². The molecule has 0 aliphatic carbocycles. The first-order valence-electron chi connectivity index (χ1n) is 5.04. The smallest absolute Gasteiger partial charge is 0.230 e. The Labute approximate surface area is 99.0 Å². The fraction of sp³-hybridized carbons (Fsp3) is 0.889. The summed E-state index contributed by atoms with van der Waals surface area (Å²) in [5, 5.41) is 30.8. The van der Waals surface area contributed by atoms with Crippen LogP contribution >= 0.6 is 12.6 Å². The highest BCUT2D eigenvalue weighted by Gasteiger charge is 2.42. The number of ether oxygens (including phenoxy) is 1. The zero-order chi connectivity index (χ0) is 12.3. The van der Waals surface area contributed by atoms with Gasteiger partial charge in [0.05, 0.1) is 24.5 Å². The predicted molar refractivity (Wildman–Crippen MR) is 59.2 cm³/mol. The van der Waals surface area contributed by atoms with Crippen molar-refractivity contribution in [3.05, 3.63) is 0 Å². The van der Waals surface area contributed by atoms with E-state index in [1.807, 2.05) is 0 Å². The third kappa shape index (κ3) is 2.86. The Hall–Kier alpha value is -0.340. The molecule has 1 heterocycles. The van der Waals surface area contributed by atoms with Crippen LogP contribution in [0.15, 0.2) is 0 Å². The summed E-state index contributed by atoms with van der Waals surface area (Å²) in [7, 11) is 0. The van der Waals surface area contributed by atoms with Crippen molar-refractivity contribution in [3.8, 4) is 0 Å². The maximum atomic E-state index is 11.1. The van der Waals surface area contributed by atoms with Crippen LogP contribution in [-0.2, 0) is 9.53 Å². The maximum Gasteiger partial charge on any atom is 0.230 e. The van der Waals surface area contributed by atoms with Gasteiger partial charge in [-0.05, 0) is 6.92 Å². The van der Waals surface area contributed by atoms with Crippen molar-refractivity contribution in [2.75, 3.05) is 12.4 Å². The number of aliphatic hydroxyl groups excluding tert-OH is 3. The first-order valence-corrected chi connectivity index (χ1v) is 5.67. The number of rotatable bonds is 3. The molecule has 0 aromatic heterocycles. The molecule has 94 valence electrons. The molecule has 1 saturated heterocycles. The van der Waals surface area contributed by atoms with Gasteiger partial charge >= 0.3 is 0 Å². The molecule has 5 atom stereocenters. The number of hydrogen-bond acceptors (Lipinski definition) is 6. The van der Waals surface area contributed by atoms with Crippen LogP contribution < -0.4 is 5.32 Å². The molecule has 0 spiro atoms. The molecular weight excluding hydrogens is 234 g/mol. The van der Waals surface area contributed by atoms with E-state index in [9.17, 15) is 15.0 Å². The van der Waals surface area contributed by atoms with Crippen molar-refractivity contribution in [2.45, 2.75) is 37.4 Å². The minimum absolute atomic E-state index is 0.00450. The number of nitrogens with one attached hydrogen (secondary N) is 1. The summed E-state index contributed by atoms with van der Waals surface area (Å²) in [4.78, 5) is 11.1. The molecule has 16 heavy (non-hydrogen) atoms. The average molecular weight is 251 g/mol. The van der Waals surface area contributed by atoms with Crippen LogP contribution in [0.25, 0.3) is 0 Å². The Morgan fingerprint density at radius 1 is 1.44 bits per heavy atom. The summed E-state index contributed by atoms with van der Waals surface area (Å²) >= 11 is 3.80. The van der Waals surface area contributed by atoms with Crippen LogP contribution in [0.4, 0.5) is 0 Å². The summed E-state index contributed by atoms with van der Waals surface area (Å²) in [5.74, 6) is -0.354. The number of carbonyl (C=O) groups is 1. The van der Waals surface area contributed by atoms with Gasteiger partial charge in [-0.2, -0.15) is 12.6 Å². The van der Waals surface area contributed by atoms with E-state index in [2.05, 4.69) is 17.9 Å². The van der Waals surface area contributed by atoms with Gasteiger partial charge in [-0.25, -0.2) is 0 Å². The van der Waals surface area contributed by atoms with E-state index in [-0.39, 0.29) is 18.3 Å². The van der Waals surface area contributed by atoms with E-state index in [1.165, 1.54) is 0 Å². The Morgan fingerprint density at radius 3 is 2.56 bits per heavy atom. The van der Waals surface area contributed by atoms with Crippen molar-refractivity contribution < 1.29 is 24.9 Å². The maximum absolute atomic E-state index is 11.1. The fourth-order valence-corrected chi connectivity index (χ4v) is 1.83. The SMILES string of the molecule is C[C@H]1OC(CO)[C@H](O)[C@H](O)C1NC(=O)CS. The lowest BCUT2D eigenvalue weighted by Gasteiger charge is -2.41. The lowest BCUT2D eigenvalue weighted by molar-refractivity contribution is -0.190. The topological polar surface area (TPSA) is 99.0 Å². The number of hydrogen-bond donors (Lipinski definition) is 5. The van der Waals surface area contributed by atoms with E-state index in [0.717, 1.165) is 0 Å². The number of carbonyl (C=O) groups excluding carboxylic acids is 1. The Kier molecular flexibility index (Phi) is 5.00. The minimum atomic E-state index is -1.22. The van der Waals surface area contributed by atoms with Crippen molar-refractivity contribution in [3.63, 3.8) is 0 Å². The van der Waals surface area contributed by atoms with Crippen LogP contribution in [0, 0.1) is 0 Å². The van der Waals surface area contributed by atoms with Gasteiger partial charge in [-0.3, -0.25) is 4.79 Å². The quantitative estimate of drug-likeness (QED) is 0.370. The molecule has 7 heteroatoms. The van der Waals surface area contributed by atoms with Crippen LogP contribution in [0.2, 0.25) is 0 Å². The van der Waals surface area contributed by atoms with Gasteiger partial charge in [0.1, 0.15) is 18.3 Å². The fourth-order valence-electron chi connectivity index (χ4n) is 1.74.